The molecule has 1 rings (SSSR count). The topological polar surface area (TPSA) is 55.6 Å². The largest absolute Gasteiger partial charge is 0.444 e. The maximum Gasteiger partial charge on any atom is 0.410 e. The summed E-state index contributed by atoms with van der Waals surface area (Å²) in [6, 6.07) is 0. The lowest BCUT2D eigenvalue weighted by atomic mass is 10.00. The van der Waals surface area contributed by atoms with Crippen LogP contribution in [0.4, 0.5) is 13.6 Å². The summed E-state index contributed by atoms with van der Waals surface area (Å²) in [6.07, 6.45) is -0.749. The van der Waals surface area contributed by atoms with Crippen LogP contribution in [0.1, 0.15) is 27.7 Å². The Morgan fingerprint density at radius 2 is 1.88 bits per heavy atom. The molecular weight excluding hydrogens is 218 g/mol. The van der Waals surface area contributed by atoms with Crippen molar-refractivity contribution in [2.75, 3.05) is 13.1 Å². The monoisotopic (exact) mass is 236 g/mol. The van der Waals surface area contributed by atoms with Gasteiger partial charge in [0.1, 0.15) is 5.60 Å². The first-order chi connectivity index (χ1) is 6.95. The van der Waals surface area contributed by atoms with Gasteiger partial charge < -0.3 is 15.4 Å². The van der Waals surface area contributed by atoms with Crippen LogP contribution in [0.5, 0.6) is 0 Å². The van der Waals surface area contributed by atoms with Crippen molar-refractivity contribution < 1.29 is 18.3 Å². The summed E-state index contributed by atoms with van der Waals surface area (Å²) in [5, 5.41) is 0. The Bertz CT molecular complexity index is 282. The number of hydrogen-bond donors (Lipinski definition) is 1. The van der Waals surface area contributed by atoms with Crippen molar-refractivity contribution in [2.24, 2.45) is 5.73 Å². The third-order valence-corrected chi connectivity index (χ3v) is 2.40. The third kappa shape index (κ3) is 2.61. The van der Waals surface area contributed by atoms with Crippen LogP contribution in [0, 0.1) is 0 Å². The highest BCUT2D eigenvalue weighted by atomic mass is 19.3. The summed E-state index contributed by atoms with van der Waals surface area (Å²) in [7, 11) is 0. The molecule has 0 aromatic carbocycles. The van der Waals surface area contributed by atoms with Crippen LogP contribution >= 0.6 is 0 Å². The lowest BCUT2D eigenvalue weighted by Gasteiger charge is -2.25. The molecule has 0 aliphatic carbocycles. The van der Waals surface area contributed by atoms with E-state index in [4.69, 9.17) is 10.5 Å². The van der Waals surface area contributed by atoms with Gasteiger partial charge in [0.2, 0.25) is 0 Å². The highest BCUT2D eigenvalue weighted by Crippen LogP contribution is 2.35. The van der Waals surface area contributed by atoms with Crippen molar-refractivity contribution >= 4 is 6.09 Å². The van der Waals surface area contributed by atoms with E-state index in [-0.39, 0.29) is 6.54 Å². The number of ether oxygens (including phenoxy) is 1. The smallest absolute Gasteiger partial charge is 0.410 e. The van der Waals surface area contributed by atoms with Gasteiger partial charge in [-0.05, 0) is 27.7 Å². The van der Waals surface area contributed by atoms with Crippen molar-refractivity contribution in [3.8, 4) is 0 Å². The Kier molecular flexibility index (Phi) is 2.92. The minimum atomic E-state index is -3.08. The lowest BCUT2D eigenvalue weighted by Crippen LogP contribution is -2.52. The molecule has 1 fully saturated rings. The summed E-state index contributed by atoms with van der Waals surface area (Å²) in [5.41, 5.74) is 3.06. The van der Waals surface area contributed by atoms with Crippen LogP contribution in [0.3, 0.4) is 0 Å². The van der Waals surface area contributed by atoms with Gasteiger partial charge in [0.15, 0.2) is 0 Å². The number of halogens is 2. The Labute approximate surface area is 93.7 Å². The Hall–Kier alpha value is -0.910. The molecule has 6 heteroatoms. The molecule has 4 nitrogen and oxygen atoms in total. The predicted octanol–water partition coefficient (Wildman–Crippen LogP) is 1.59. The molecule has 1 heterocycles. The molecule has 1 aliphatic heterocycles. The first-order valence-electron chi connectivity index (χ1n) is 5.09. The first kappa shape index (κ1) is 13.2. The van der Waals surface area contributed by atoms with E-state index in [0.717, 1.165) is 4.90 Å². The van der Waals surface area contributed by atoms with Gasteiger partial charge in [0.25, 0.3) is 5.92 Å². The molecule has 94 valence electrons. The molecule has 1 saturated heterocycles. The number of amides is 1. The van der Waals surface area contributed by atoms with Gasteiger partial charge in [-0.3, -0.25) is 0 Å². The summed E-state index contributed by atoms with van der Waals surface area (Å²) < 4.78 is 31.8. The maximum atomic E-state index is 13.4. The highest BCUT2D eigenvalue weighted by molar-refractivity contribution is 5.69. The zero-order valence-electron chi connectivity index (χ0n) is 10.0. The van der Waals surface area contributed by atoms with Gasteiger partial charge in [0, 0.05) is 6.54 Å². The van der Waals surface area contributed by atoms with Gasteiger partial charge in [0.05, 0.1) is 12.1 Å². The van der Waals surface area contributed by atoms with Crippen molar-refractivity contribution in [1.29, 1.82) is 0 Å². The molecule has 1 unspecified atom stereocenters. The number of rotatable bonds is 0. The SMILES string of the molecule is CC(C)(C)OC(=O)N1CC(C)(N)C(F)(F)C1. The molecule has 16 heavy (non-hydrogen) atoms. The zero-order chi connectivity index (χ0) is 12.8. The van der Waals surface area contributed by atoms with Crippen molar-refractivity contribution in [3.05, 3.63) is 0 Å². The Morgan fingerprint density at radius 3 is 2.19 bits per heavy atom. The van der Waals surface area contributed by atoms with Crippen LogP contribution in [0.15, 0.2) is 0 Å². The number of alkyl halides is 2. The van der Waals surface area contributed by atoms with E-state index < -0.39 is 29.7 Å². The van der Waals surface area contributed by atoms with Gasteiger partial charge >= 0.3 is 6.09 Å². The summed E-state index contributed by atoms with van der Waals surface area (Å²) >= 11 is 0. The first-order valence-corrected chi connectivity index (χ1v) is 5.09. The predicted molar refractivity (Wildman–Crippen MR) is 55.3 cm³/mol. The van der Waals surface area contributed by atoms with Gasteiger partial charge in [-0.1, -0.05) is 0 Å². The van der Waals surface area contributed by atoms with Gasteiger partial charge in [-0.25, -0.2) is 13.6 Å². The average molecular weight is 236 g/mol. The number of carbonyl (C=O) groups excluding carboxylic acids is 1. The molecule has 0 aromatic rings. The maximum absolute atomic E-state index is 13.4. The van der Waals surface area contributed by atoms with E-state index in [1.54, 1.807) is 20.8 Å². The molecule has 1 aliphatic rings. The minimum Gasteiger partial charge on any atom is -0.444 e. The van der Waals surface area contributed by atoms with Crippen LogP contribution in [0.2, 0.25) is 0 Å². The second-order valence-corrected chi connectivity index (χ2v) is 5.46. The molecule has 0 radical (unpaired) electrons. The summed E-state index contributed by atoms with van der Waals surface area (Å²) in [6.45, 7) is 5.39. The zero-order valence-corrected chi connectivity index (χ0v) is 10.0. The standard InChI is InChI=1S/C10H18F2N2O2/c1-8(2,3)16-7(15)14-5-9(4,13)10(11,12)6-14/h5-6,13H2,1-4H3. The van der Waals surface area contributed by atoms with E-state index in [9.17, 15) is 13.6 Å². The fraction of sp³-hybridized carbons (Fsp3) is 0.900. The van der Waals surface area contributed by atoms with E-state index in [2.05, 4.69) is 0 Å². The van der Waals surface area contributed by atoms with E-state index in [0.29, 0.717) is 0 Å². The van der Waals surface area contributed by atoms with E-state index >= 15 is 0 Å². The average Bonchev–Trinajstić information content (AvgIpc) is 2.17. The van der Waals surface area contributed by atoms with Crippen molar-refractivity contribution in [1.82, 2.24) is 4.90 Å². The fourth-order valence-corrected chi connectivity index (χ4v) is 1.44. The number of nitrogens with zero attached hydrogens (tertiary/aromatic N) is 1. The molecule has 1 amide bonds. The summed E-state index contributed by atoms with van der Waals surface area (Å²) in [4.78, 5) is 12.5. The van der Waals surface area contributed by atoms with Crippen LogP contribution < -0.4 is 5.73 Å². The second-order valence-electron chi connectivity index (χ2n) is 5.46. The normalized spacial score (nSPS) is 29.3. The van der Waals surface area contributed by atoms with E-state index in [1.807, 2.05) is 0 Å². The quantitative estimate of drug-likeness (QED) is 0.695. The van der Waals surface area contributed by atoms with E-state index in [1.165, 1.54) is 6.92 Å². The van der Waals surface area contributed by atoms with Crippen LogP contribution in [0.25, 0.3) is 0 Å². The number of hydrogen-bond acceptors (Lipinski definition) is 3. The molecule has 0 saturated carbocycles. The van der Waals surface area contributed by atoms with Gasteiger partial charge in [-0.15, -0.1) is 0 Å². The Balaban J connectivity index is 2.70. The molecule has 0 aromatic heterocycles. The number of nitrogens with two attached hydrogens (primary N) is 1. The Morgan fingerprint density at radius 1 is 1.38 bits per heavy atom. The molecule has 0 spiro atoms. The number of carbonyl (C=O) groups is 1. The summed E-state index contributed by atoms with van der Waals surface area (Å²) in [5.74, 6) is -3.08. The number of likely N-dealkylation sites (tertiary alicyclic amines) is 1. The molecule has 2 N–H and O–H groups in total. The molecular formula is C10H18F2N2O2. The fourth-order valence-electron chi connectivity index (χ4n) is 1.44. The van der Waals surface area contributed by atoms with Gasteiger partial charge in [-0.2, -0.15) is 0 Å². The van der Waals surface area contributed by atoms with Crippen LogP contribution in [-0.4, -0.2) is 41.1 Å². The lowest BCUT2D eigenvalue weighted by molar-refractivity contribution is -0.0366. The molecule has 1 atom stereocenters. The van der Waals surface area contributed by atoms with Crippen LogP contribution in [-0.2, 0) is 4.74 Å². The minimum absolute atomic E-state index is 0.199. The molecule has 0 bridgehead atoms. The highest BCUT2D eigenvalue weighted by Gasteiger charge is 2.56. The van der Waals surface area contributed by atoms with Crippen molar-refractivity contribution in [2.45, 2.75) is 44.8 Å². The second kappa shape index (κ2) is 3.55. The van der Waals surface area contributed by atoms with Crippen molar-refractivity contribution in [3.63, 3.8) is 0 Å². The third-order valence-electron chi connectivity index (χ3n) is 2.40.